The van der Waals surface area contributed by atoms with Crippen LogP contribution in [0.1, 0.15) is 36.8 Å². The predicted octanol–water partition coefficient (Wildman–Crippen LogP) is 6.81. The van der Waals surface area contributed by atoms with Gasteiger partial charge in [0, 0.05) is 90.6 Å². The Morgan fingerprint density at radius 2 is 1.58 bits per heavy atom. The van der Waals surface area contributed by atoms with Crippen molar-refractivity contribution in [1.82, 2.24) is 25.0 Å². The van der Waals surface area contributed by atoms with Crippen LogP contribution in [0.3, 0.4) is 0 Å². The molecule has 2 aliphatic heterocycles. The lowest BCUT2D eigenvalue weighted by Crippen LogP contribution is -2.59. The minimum absolute atomic E-state index is 0.0930. The van der Waals surface area contributed by atoms with Gasteiger partial charge >= 0.3 is 6.36 Å². The van der Waals surface area contributed by atoms with Crippen LogP contribution in [0.5, 0.6) is 5.75 Å². The first-order valence-electron chi connectivity index (χ1n) is 17.1. The van der Waals surface area contributed by atoms with Crippen LogP contribution in [0.4, 0.5) is 13.2 Å². The van der Waals surface area contributed by atoms with Crippen LogP contribution in [0.25, 0.3) is 22.0 Å². The summed E-state index contributed by atoms with van der Waals surface area (Å²) >= 11 is 12.8. The SMILES string of the molecule is NC1(C(=O)NCCCCn2cc(-c3ccc(OC(F)(F)F)cc3)c3cc(CN4CCN(Cc5c(Cl)cccc5Cl)CC4)ccc32)CCNCC1. The fraction of sp³-hybridized carbons (Fsp3) is 0.432. The summed E-state index contributed by atoms with van der Waals surface area (Å²) in [5, 5.41) is 8.66. The van der Waals surface area contributed by atoms with E-state index in [1.807, 2.05) is 18.2 Å². The van der Waals surface area contributed by atoms with Crippen molar-refractivity contribution >= 4 is 40.0 Å². The smallest absolute Gasteiger partial charge is 0.406 e. The third-order valence-electron chi connectivity index (χ3n) is 9.72. The number of rotatable bonds is 12. The minimum Gasteiger partial charge on any atom is -0.406 e. The van der Waals surface area contributed by atoms with Crippen LogP contribution in [-0.4, -0.2) is 78.0 Å². The maximum absolute atomic E-state index is 12.8. The van der Waals surface area contributed by atoms with E-state index in [4.69, 9.17) is 28.9 Å². The quantitative estimate of drug-likeness (QED) is 0.139. The lowest BCUT2D eigenvalue weighted by atomic mass is 9.88. The Kier molecular flexibility index (Phi) is 11.6. The molecule has 1 amide bonds. The number of nitrogens with one attached hydrogen (secondary N) is 2. The van der Waals surface area contributed by atoms with Crippen molar-refractivity contribution in [2.45, 2.75) is 57.2 Å². The van der Waals surface area contributed by atoms with Crippen molar-refractivity contribution in [2.75, 3.05) is 45.8 Å². The highest BCUT2D eigenvalue weighted by Crippen LogP contribution is 2.34. The summed E-state index contributed by atoms with van der Waals surface area (Å²) in [7, 11) is 0. The second-order valence-corrected chi connectivity index (χ2v) is 14.1. The molecule has 6 rings (SSSR count). The van der Waals surface area contributed by atoms with E-state index >= 15 is 0 Å². The van der Waals surface area contributed by atoms with Gasteiger partial charge in [0.25, 0.3) is 0 Å². The molecular formula is C37H43Cl2F3N6O2. The summed E-state index contributed by atoms with van der Waals surface area (Å²) in [4.78, 5) is 17.5. The molecule has 0 spiro atoms. The fourth-order valence-electron chi connectivity index (χ4n) is 6.85. The minimum atomic E-state index is -4.75. The molecule has 2 saturated heterocycles. The van der Waals surface area contributed by atoms with Crippen molar-refractivity contribution < 1.29 is 22.7 Å². The van der Waals surface area contributed by atoms with Crippen LogP contribution in [0.15, 0.2) is 66.9 Å². The topological polar surface area (TPSA) is 87.8 Å². The number of unbranched alkanes of at least 4 members (excludes halogenated alkanes) is 1. The van der Waals surface area contributed by atoms with Gasteiger partial charge in [0.2, 0.25) is 5.91 Å². The molecule has 1 aromatic heterocycles. The molecule has 0 radical (unpaired) electrons. The van der Waals surface area contributed by atoms with Gasteiger partial charge in [0.05, 0.1) is 5.54 Å². The predicted molar refractivity (Wildman–Crippen MR) is 192 cm³/mol. The van der Waals surface area contributed by atoms with Gasteiger partial charge in [-0.1, -0.05) is 47.5 Å². The number of ether oxygens (including phenoxy) is 1. The summed E-state index contributed by atoms with van der Waals surface area (Å²) in [6, 6.07) is 18.1. The number of nitrogens with zero attached hydrogens (tertiary/aromatic N) is 3. The van der Waals surface area contributed by atoms with Crippen LogP contribution in [-0.2, 0) is 24.4 Å². The number of hydrogen-bond acceptors (Lipinski definition) is 6. The van der Waals surface area contributed by atoms with Crippen LogP contribution < -0.4 is 21.1 Å². The molecule has 13 heteroatoms. The first kappa shape index (κ1) is 36.5. The molecule has 4 aromatic rings. The summed E-state index contributed by atoms with van der Waals surface area (Å²) in [6.07, 6.45) is 0.166. The average Bonchev–Trinajstić information content (AvgIpc) is 3.44. The largest absolute Gasteiger partial charge is 0.573 e. The number of piperidine rings is 1. The maximum atomic E-state index is 12.8. The molecule has 8 nitrogen and oxygen atoms in total. The molecule has 268 valence electrons. The molecule has 0 bridgehead atoms. The standard InChI is InChI=1S/C37H43Cl2F3N6O2/c38-32-4-3-5-33(39)31(32)24-47-20-18-46(19-21-47)23-26-6-11-34-29(22-26)30(27-7-9-28(10-8-27)50-37(40,41)42)25-48(34)17-2-1-14-45-35(49)36(43)12-15-44-16-13-36/h3-11,22,25,44H,1-2,12-21,23-24,43H2,(H,45,49). The van der Waals surface area contributed by atoms with E-state index in [2.05, 4.69) is 54.1 Å². The van der Waals surface area contributed by atoms with E-state index in [0.717, 1.165) is 98.4 Å². The average molecular weight is 732 g/mol. The second kappa shape index (κ2) is 15.9. The number of benzene rings is 3. The van der Waals surface area contributed by atoms with Gasteiger partial charge in [-0.15, -0.1) is 13.2 Å². The number of halogens is 5. The zero-order chi connectivity index (χ0) is 35.3. The molecule has 50 heavy (non-hydrogen) atoms. The Labute approximate surface area is 300 Å². The molecule has 0 saturated carbocycles. The number of hydrogen-bond donors (Lipinski definition) is 3. The van der Waals surface area contributed by atoms with Crippen molar-refractivity contribution in [2.24, 2.45) is 5.73 Å². The second-order valence-electron chi connectivity index (χ2n) is 13.3. The highest BCUT2D eigenvalue weighted by atomic mass is 35.5. The Bertz CT molecular complexity index is 1750. The third kappa shape index (κ3) is 9.12. The fourth-order valence-corrected chi connectivity index (χ4v) is 7.37. The number of carbonyl (C=O) groups is 1. The number of carbonyl (C=O) groups excluding carboxylic acids is 1. The maximum Gasteiger partial charge on any atom is 0.573 e. The van der Waals surface area contributed by atoms with Crippen LogP contribution in [0.2, 0.25) is 10.0 Å². The lowest BCUT2D eigenvalue weighted by molar-refractivity contribution is -0.274. The summed E-state index contributed by atoms with van der Waals surface area (Å²) in [6.45, 7) is 7.80. The van der Waals surface area contributed by atoms with Gasteiger partial charge in [-0.25, -0.2) is 0 Å². The lowest BCUT2D eigenvalue weighted by Gasteiger charge is -2.35. The summed E-state index contributed by atoms with van der Waals surface area (Å²) in [5.74, 6) is -0.350. The van der Waals surface area contributed by atoms with E-state index in [9.17, 15) is 18.0 Å². The van der Waals surface area contributed by atoms with E-state index in [1.165, 1.54) is 12.1 Å². The molecule has 3 heterocycles. The number of amides is 1. The van der Waals surface area contributed by atoms with Crippen molar-refractivity contribution in [1.29, 1.82) is 0 Å². The van der Waals surface area contributed by atoms with Gasteiger partial charge in [-0.3, -0.25) is 14.6 Å². The van der Waals surface area contributed by atoms with Gasteiger partial charge in [-0.2, -0.15) is 0 Å². The molecule has 4 N–H and O–H groups in total. The Balaban J connectivity index is 1.13. The molecule has 0 aliphatic carbocycles. The number of aryl methyl sites for hydroxylation is 1. The number of aromatic nitrogens is 1. The van der Waals surface area contributed by atoms with Crippen molar-refractivity contribution in [3.63, 3.8) is 0 Å². The van der Waals surface area contributed by atoms with Crippen molar-refractivity contribution in [3.05, 3.63) is 88.0 Å². The molecule has 0 unspecified atom stereocenters. The summed E-state index contributed by atoms with van der Waals surface area (Å²) in [5.41, 5.74) is 10.4. The highest BCUT2D eigenvalue weighted by Gasteiger charge is 2.35. The van der Waals surface area contributed by atoms with Crippen LogP contribution in [0, 0.1) is 0 Å². The molecular weight excluding hydrogens is 688 g/mol. The highest BCUT2D eigenvalue weighted by molar-refractivity contribution is 6.36. The zero-order valence-electron chi connectivity index (χ0n) is 27.9. The van der Waals surface area contributed by atoms with Gasteiger partial charge < -0.3 is 25.7 Å². The number of alkyl halides is 3. The van der Waals surface area contributed by atoms with E-state index < -0.39 is 11.9 Å². The Morgan fingerprint density at radius 1 is 0.920 bits per heavy atom. The number of nitrogens with two attached hydrogens (primary N) is 1. The molecule has 2 fully saturated rings. The zero-order valence-corrected chi connectivity index (χ0v) is 29.4. The van der Waals surface area contributed by atoms with Crippen molar-refractivity contribution in [3.8, 4) is 16.9 Å². The normalized spacial score (nSPS) is 17.2. The van der Waals surface area contributed by atoms with Crippen LogP contribution >= 0.6 is 23.2 Å². The first-order valence-corrected chi connectivity index (χ1v) is 17.9. The number of fused-ring (bicyclic) bond motifs is 1. The van der Waals surface area contributed by atoms with E-state index in [0.29, 0.717) is 36.0 Å². The molecule has 2 aliphatic rings. The molecule has 0 atom stereocenters. The summed E-state index contributed by atoms with van der Waals surface area (Å²) < 4.78 is 44.8. The monoisotopic (exact) mass is 730 g/mol. The van der Waals surface area contributed by atoms with Gasteiger partial charge in [0.1, 0.15) is 5.75 Å². The first-order chi connectivity index (χ1) is 24.0. The van der Waals surface area contributed by atoms with Gasteiger partial charge in [-0.05, 0) is 86.3 Å². The van der Waals surface area contributed by atoms with E-state index in [1.54, 1.807) is 12.1 Å². The molecule has 3 aromatic carbocycles. The van der Waals surface area contributed by atoms with E-state index in [-0.39, 0.29) is 11.7 Å². The number of piperazine rings is 1. The Morgan fingerprint density at radius 3 is 2.24 bits per heavy atom. The third-order valence-corrected chi connectivity index (χ3v) is 10.4. The Hall–Kier alpha value is -3.32. The van der Waals surface area contributed by atoms with Gasteiger partial charge in [0.15, 0.2) is 0 Å².